The van der Waals surface area contributed by atoms with Gasteiger partial charge in [-0.1, -0.05) is 141 Å². The first kappa shape index (κ1) is 44.4. The molecule has 0 aliphatic rings. The van der Waals surface area contributed by atoms with Gasteiger partial charge in [-0.05, 0) is 77.0 Å². The van der Waals surface area contributed by atoms with Crippen LogP contribution >= 0.6 is 0 Å². The van der Waals surface area contributed by atoms with E-state index in [4.69, 9.17) is 0 Å². The predicted octanol–water partition coefficient (Wildman–Crippen LogP) is 9.55. The summed E-state index contributed by atoms with van der Waals surface area (Å²) in [5.41, 5.74) is 0. The van der Waals surface area contributed by atoms with Crippen LogP contribution in [0.3, 0.4) is 0 Å². The Kier molecular flexibility index (Phi) is 44.4. The van der Waals surface area contributed by atoms with Crippen molar-refractivity contribution >= 4 is 11.9 Å². The van der Waals surface area contributed by atoms with Gasteiger partial charge in [0.15, 0.2) is 0 Å². The summed E-state index contributed by atoms with van der Waals surface area (Å²) in [5.74, 6) is -1.83. The van der Waals surface area contributed by atoms with Crippen molar-refractivity contribution in [2.75, 3.05) is 0 Å². The second kappa shape index (κ2) is 41.1. The second-order valence-electron chi connectivity index (χ2n) is 11.4. The molecule has 0 aliphatic heterocycles. The monoisotopic (exact) mass is 621 g/mol. The van der Waals surface area contributed by atoms with Crippen LogP contribution in [0, 0.1) is 0 Å². The molecule has 0 fully saturated rings. The summed E-state index contributed by atoms with van der Waals surface area (Å²) in [6, 6.07) is 0. The van der Waals surface area contributed by atoms with Gasteiger partial charge in [0, 0.05) is 11.9 Å². The Morgan fingerprint density at radius 1 is 0.390 bits per heavy atom. The van der Waals surface area contributed by atoms with E-state index in [1.807, 2.05) is 0 Å². The van der Waals surface area contributed by atoms with Gasteiger partial charge >= 0.3 is 16.8 Å². The summed E-state index contributed by atoms with van der Waals surface area (Å²) >= 11 is 0. The summed E-state index contributed by atoms with van der Waals surface area (Å²) in [6.45, 7) is 4.51. The number of allylic oxidation sites excluding steroid dienone is 4. The van der Waals surface area contributed by atoms with Crippen LogP contribution in [-0.4, -0.2) is 11.9 Å². The molecule has 0 heterocycles. The van der Waals surface area contributed by atoms with E-state index in [1.54, 1.807) is 0 Å². The third-order valence-electron chi connectivity index (χ3n) is 7.29. The third kappa shape index (κ3) is 49.0. The van der Waals surface area contributed by atoms with Gasteiger partial charge in [0.05, 0.1) is 0 Å². The fraction of sp³-hybridized carbons (Fsp3) is 0.833. The molecule has 0 aliphatic carbocycles. The van der Waals surface area contributed by atoms with E-state index in [1.165, 1.54) is 128 Å². The first-order valence-corrected chi connectivity index (χ1v) is 17.2. The first-order valence-electron chi connectivity index (χ1n) is 17.2. The smallest absolute Gasteiger partial charge is 0.550 e. The Bertz CT molecular complexity index is 524. The van der Waals surface area contributed by atoms with E-state index in [2.05, 4.69) is 38.2 Å². The zero-order valence-corrected chi connectivity index (χ0v) is 28.1. The van der Waals surface area contributed by atoms with Gasteiger partial charge < -0.3 is 19.8 Å². The molecule has 0 spiro atoms. The van der Waals surface area contributed by atoms with Crippen molar-refractivity contribution in [3.05, 3.63) is 24.3 Å². The van der Waals surface area contributed by atoms with Gasteiger partial charge in [-0.2, -0.15) is 0 Å². The second-order valence-corrected chi connectivity index (χ2v) is 11.4. The molecule has 0 rings (SSSR count). The molecule has 0 N–H and O–H groups in total. The van der Waals surface area contributed by atoms with Crippen LogP contribution in [0.25, 0.3) is 0 Å². The number of rotatable bonds is 30. The minimum Gasteiger partial charge on any atom is -0.550 e. The van der Waals surface area contributed by atoms with Gasteiger partial charge in [-0.3, -0.25) is 0 Å². The van der Waals surface area contributed by atoms with Crippen molar-refractivity contribution in [1.29, 1.82) is 0 Å². The average molecular weight is 622 g/mol. The van der Waals surface area contributed by atoms with Crippen LogP contribution in [-0.2, 0) is 26.4 Å². The Morgan fingerprint density at radius 3 is 0.854 bits per heavy atom. The number of hydrogen-bond donors (Lipinski definition) is 0. The van der Waals surface area contributed by atoms with E-state index in [0.717, 1.165) is 38.5 Å². The summed E-state index contributed by atoms with van der Waals surface area (Å²) in [7, 11) is 0. The number of unbranched alkanes of at least 4 members (excludes halogenated alkanes) is 22. The third-order valence-corrected chi connectivity index (χ3v) is 7.29. The molecule has 0 aromatic carbocycles. The summed E-state index contributed by atoms with van der Waals surface area (Å²) in [4.78, 5) is 20.4. The first-order chi connectivity index (χ1) is 19.5. The number of carbonyl (C=O) groups is 2. The molecule has 0 unspecified atom stereocenters. The normalized spacial score (nSPS) is 11.0. The molecule has 0 bridgehead atoms. The van der Waals surface area contributed by atoms with Gasteiger partial charge in [-0.15, -0.1) is 0 Å². The number of aliphatic carboxylic acids is 2. The molecular formula is C36H66CoO4. The molecular weight excluding hydrogens is 555 g/mol. The van der Waals surface area contributed by atoms with Crippen LogP contribution in [0.2, 0.25) is 0 Å². The van der Waals surface area contributed by atoms with Crippen LogP contribution in [0.5, 0.6) is 0 Å². The molecule has 0 saturated heterocycles. The zero-order chi connectivity index (χ0) is 29.8. The van der Waals surface area contributed by atoms with E-state index >= 15 is 0 Å². The number of carboxylic acids is 2. The Labute approximate surface area is 265 Å². The Balaban J connectivity index is -0.000000688. The molecule has 4 nitrogen and oxygen atoms in total. The number of carboxylic acid groups (broad SMARTS) is 2. The standard InChI is InChI=1S/2C18H34O2.Co/c2*1-2-3-4-5-6-7-8-9-10-11-12-13-14-15-16-17-18(19)20;/h2*9-10H,2-8,11-17H2,1H3,(H,19,20);/q;;+2/p-2/b2*10-9+;. The molecule has 1 radical (unpaired) electrons. The van der Waals surface area contributed by atoms with Crippen LogP contribution in [0.15, 0.2) is 24.3 Å². The maximum absolute atomic E-state index is 10.2. The van der Waals surface area contributed by atoms with E-state index < -0.39 is 11.9 Å². The average Bonchev–Trinajstić information content (AvgIpc) is 2.93. The molecule has 0 aromatic heterocycles. The van der Waals surface area contributed by atoms with Crippen LogP contribution < -0.4 is 10.2 Å². The molecule has 0 saturated carbocycles. The molecule has 41 heavy (non-hydrogen) atoms. The van der Waals surface area contributed by atoms with Gasteiger partial charge in [0.2, 0.25) is 0 Å². The molecule has 0 atom stereocenters. The van der Waals surface area contributed by atoms with Gasteiger partial charge in [-0.25, -0.2) is 0 Å². The summed E-state index contributed by atoms with van der Waals surface area (Å²) < 4.78 is 0. The number of carbonyl (C=O) groups excluding carboxylic acids is 2. The molecule has 243 valence electrons. The van der Waals surface area contributed by atoms with Crippen LogP contribution in [0.1, 0.15) is 194 Å². The molecule has 5 heteroatoms. The van der Waals surface area contributed by atoms with Crippen molar-refractivity contribution in [2.24, 2.45) is 0 Å². The number of hydrogen-bond acceptors (Lipinski definition) is 4. The zero-order valence-electron chi connectivity index (χ0n) is 27.1. The van der Waals surface area contributed by atoms with Gasteiger partial charge in [0.25, 0.3) is 0 Å². The minimum absolute atomic E-state index is 0. The minimum atomic E-state index is -0.914. The maximum atomic E-state index is 10.2. The molecule has 0 amide bonds. The van der Waals surface area contributed by atoms with Crippen molar-refractivity contribution in [3.63, 3.8) is 0 Å². The topological polar surface area (TPSA) is 80.3 Å². The largest absolute Gasteiger partial charge is 2.00 e. The fourth-order valence-corrected chi connectivity index (χ4v) is 4.68. The summed E-state index contributed by atoms with van der Waals surface area (Å²) in [6.07, 6.45) is 41.8. The molecule has 0 aromatic rings. The van der Waals surface area contributed by atoms with E-state index in [9.17, 15) is 19.8 Å². The Morgan fingerprint density at radius 2 is 0.610 bits per heavy atom. The Hall–Kier alpha value is -1.07. The van der Waals surface area contributed by atoms with E-state index in [-0.39, 0.29) is 29.6 Å². The SMILES string of the molecule is CCCCCCCC/C=C/CCCCCCCC(=O)[O-].CCCCCCCC/C=C/CCCCCCCC(=O)[O-].[Co+2]. The van der Waals surface area contributed by atoms with E-state index in [0.29, 0.717) is 0 Å². The quantitative estimate of drug-likeness (QED) is 0.0591. The maximum Gasteiger partial charge on any atom is 2.00 e. The fourth-order valence-electron chi connectivity index (χ4n) is 4.68. The van der Waals surface area contributed by atoms with Crippen molar-refractivity contribution in [2.45, 2.75) is 194 Å². The van der Waals surface area contributed by atoms with Crippen molar-refractivity contribution < 1.29 is 36.6 Å². The predicted molar refractivity (Wildman–Crippen MR) is 169 cm³/mol. The van der Waals surface area contributed by atoms with Crippen molar-refractivity contribution in [3.8, 4) is 0 Å². The van der Waals surface area contributed by atoms with Gasteiger partial charge in [0.1, 0.15) is 0 Å². The summed E-state index contributed by atoms with van der Waals surface area (Å²) in [5, 5.41) is 20.4. The van der Waals surface area contributed by atoms with Crippen LogP contribution in [0.4, 0.5) is 0 Å². The van der Waals surface area contributed by atoms with Crippen molar-refractivity contribution in [1.82, 2.24) is 0 Å².